The Balaban J connectivity index is 2.00. The normalized spacial score (nSPS) is 22.7. The van der Waals surface area contributed by atoms with Crippen molar-refractivity contribution in [2.75, 3.05) is 18.6 Å². The molecule has 31 heavy (non-hydrogen) atoms. The van der Waals surface area contributed by atoms with Crippen LogP contribution in [-0.4, -0.2) is 47.3 Å². The number of benzene rings is 1. The number of thioether (sulfide) groups is 1. The number of hydrogen-bond donors (Lipinski definition) is 0. The third kappa shape index (κ3) is 4.35. The molecule has 0 bridgehead atoms. The predicted molar refractivity (Wildman–Crippen MR) is 125 cm³/mol. The van der Waals surface area contributed by atoms with Gasteiger partial charge in [-0.15, -0.1) is 0 Å². The van der Waals surface area contributed by atoms with E-state index in [9.17, 15) is 14.4 Å². The molecular formula is C23H29ClN2O4S. The van der Waals surface area contributed by atoms with Gasteiger partial charge in [0, 0.05) is 22.8 Å². The lowest BCUT2D eigenvalue weighted by atomic mass is 9.79. The molecule has 0 saturated carbocycles. The molecule has 2 amide bonds. The summed E-state index contributed by atoms with van der Waals surface area (Å²) in [7, 11) is 1.23. The van der Waals surface area contributed by atoms with Crippen LogP contribution < -0.4 is 4.90 Å². The SMILES string of the molecule is CCCN1c2cc(Cl)c(/C=C3\SC(=O)N(C(C)C(=O)OC)C3=O)cc2C(C)CC1(C)C. The molecule has 168 valence electrons. The number of rotatable bonds is 5. The smallest absolute Gasteiger partial charge is 0.328 e. The van der Waals surface area contributed by atoms with Crippen LogP contribution in [-0.2, 0) is 14.3 Å². The van der Waals surface area contributed by atoms with Crippen molar-refractivity contribution in [2.45, 2.75) is 65.0 Å². The van der Waals surface area contributed by atoms with E-state index in [1.165, 1.54) is 19.6 Å². The Morgan fingerprint density at radius 3 is 2.68 bits per heavy atom. The molecule has 2 heterocycles. The van der Waals surface area contributed by atoms with Crippen molar-refractivity contribution in [2.24, 2.45) is 0 Å². The fraction of sp³-hybridized carbons (Fsp3) is 0.522. The first-order chi connectivity index (χ1) is 14.5. The number of fused-ring (bicyclic) bond motifs is 1. The molecule has 3 rings (SSSR count). The number of methoxy groups -OCH3 is 1. The van der Waals surface area contributed by atoms with Gasteiger partial charge in [0.1, 0.15) is 6.04 Å². The van der Waals surface area contributed by atoms with Crippen LogP contribution in [0, 0.1) is 0 Å². The molecule has 6 nitrogen and oxygen atoms in total. The van der Waals surface area contributed by atoms with Gasteiger partial charge in [-0.2, -0.15) is 0 Å². The maximum Gasteiger partial charge on any atom is 0.328 e. The molecule has 1 aromatic carbocycles. The van der Waals surface area contributed by atoms with E-state index in [1.54, 1.807) is 6.08 Å². The van der Waals surface area contributed by atoms with Crippen molar-refractivity contribution < 1.29 is 19.1 Å². The van der Waals surface area contributed by atoms with Gasteiger partial charge in [0.2, 0.25) is 0 Å². The standard InChI is InChI=1S/C23H29ClN2O4S/c1-7-8-25-18-11-17(24)15(9-16(18)13(2)12-23(25,4)5)10-19-20(27)26(22(29)31-19)14(3)21(28)30-6/h9-11,13-14H,7-8,12H2,1-6H3/b19-10-. The Labute approximate surface area is 192 Å². The zero-order chi connectivity index (χ0) is 23.1. The van der Waals surface area contributed by atoms with Gasteiger partial charge in [-0.1, -0.05) is 25.4 Å². The maximum absolute atomic E-state index is 12.8. The number of imide groups is 1. The molecule has 0 spiro atoms. The molecule has 8 heteroatoms. The average Bonchev–Trinajstić information content (AvgIpc) is 2.97. The van der Waals surface area contributed by atoms with Crippen molar-refractivity contribution in [1.29, 1.82) is 0 Å². The quantitative estimate of drug-likeness (QED) is 0.427. The van der Waals surface area contributed by atoms with Crippen molar-refractivity contribution >= 4 is 52.2 Å². The van der Waals surface area contributed by atoms with E-state index >= 15 is 0 Å². The Bertz CT molecular complexity index is 959. The number of anilines is 1. The van der Waals surface area contributed by atoms with Crippen LogP contribution in [0.2, 0.25) is 5.02 Å². The second-order valence-electron chi connectivity index (χ2n) is 8.75. The Kier molecular flexibility index (Phi) is 6.77. The fourth-order valence-electron chi connectivity index (χ4n) is 4.51. The monoisotopic (exact) mass is 464 g/mol. The van der Waals surface area contributed by atoms with E-state index in [2.05, 4.69) is 37.3 Å². The molecule has 1 fully saturated rings. The van der Waals surface area contributed by atoms with E-state index in [0.717, 1.165) is 41.7 Å². The van der Waals surface area contributed by atoms with Crippen LogP contribution in [0.25, 0.3) is 6.08 Å². The van der Waals surface area contributed by atoms with E-state index in [-0.39, 0.29) is 10.4 Å². The minimum Gasteiger partial charge on any atom is -0.467 e. The lowest BCUT2D eigenvalue weighted by Crippen LogP contribution is -2.48. The molecule has 0 aromatic heterocycles. The lowest BCUT2D eigenvalue weighted by Gasteiger charge is -2.47. The number of nitrogens with zero attached hydrogens (tertiary/aromatic N) is 2. The number of hydrogen-bond acceptors (Lipinski definition) is 6. The summed E-state index contributed by atoms with van der Waals surface area (Å²) in [6.07, 6.45) is 3.69. The average molecular weight is 465 g/mol. The number of ether oxygens (including phenoxy) is 1. The molecule has 2 unspecified atom stereocenters. The Hall–Kier alpha value is -1.99. The molecule has 0 radical (unpaired) electrons. The Morgan fingerprint density at radius 2 is 2.06 bits per heavy atom. The van der Waals surface area contributed by atoms with Gasteiger partial charge in [-0.3, -0.25) is 14.5 Å². The first-order valence-corrected chi connectivity index (χ1v) is 11.7. The second kappa shape index (κ2) is 8.87. The molecule has 2 aliphatic rings. The van der Waals surface area contributed by atoms with Crippen molar-refractivity contribution in [3.05, 3.63) is 33.2 Å². The number of amides is 2. The summed E-state index contributed by atoms with van der Waals surface area (Å²) in [5.41, 5.74) is 3.03. The van der Waals surface area contributed by atoms with Crippen LogP contribution in [0.5, 0.6) is 0 Å². The van der Waals surface area contributed by atoms with E-state index < -0.39 is 23.2 Å². The highest BCUT2D eigenvalue weighted by Gasteiger charge is 2.41. The van der Waals surface area contributed by atoms with Gasteiger partial charge in [0.15, 0.2) is 0 Å². The molecule has 0 aliphatic carbocycles. The summed E-state index contributed by atoms with van der Waals surface area (Å²) in [6.45, 7) is 11.3. The van der Waals surface area contributed by atoms with E-state index in [1.807, 2.05) is 12.1 Å². The maximum atomic E-state index is 12.8. The number of halogens is 1. The third-order valence-corrected chi connectivity index (χ3v) is 7.20. The van der Waals surface area contributed by atoms with Crippen molar-refractivity contribution in [3.8, 4) is 0 Å². The lowest BCUT2D eigenvalue weighted by molar-refractivity contribution is -0.148. The molecule has 2 atom stereocenters. The predicted octanol–water partition coefficient (Wildman–Crippen LogP) is 5.44. The van der Waals surface area contributed by atoms with Crippen LogP contribution >= 0.6 is 23.4 Å². The summed E-state index contributed by atoms with van der Waals surface area (Å²) in [4.78, 5) is 40.6. The van der Waals surface area contributed by atoms with Gasteiger partial charge in [0.05, 0.1) is 12.0 Å². The van der Waals surface area contributed by atoms with Crippen LogP contribution in [0.3, 0.4) is 0 Å². The zero-order valence-electron chi connectivity index (χ0n) is 18.8. The van der Waals surface area contributed by atoms with Crippen LogP contribution in [0.1, 0.15) is 64.5 Å². The summed E-state index contributed by atoms with van der Waals surface area (Å²) in [5.74, 6) is -0.816. The van der Waals surface area contributed by atoms with Gasteiger partial charge in [-0.05, 0) is 80.6 Å². The van der Waals surface area contributed by atoms with Gasteiger partial charge >= 0.3 is 5.97 Å². The highest BCUT2D eigenvalue weighted by molar-refractivity contribution is 8.18. The third-order valence-electron chi connectivity index (χ3n) is 5.99. The zero-order valence-corrected chi connectivity index (χ0v) is 20.4. The van der Waals surface area contributed by atoms with Crippen LogP contribution in [0.15, 0.2) is 17.0 Å². The molecule has 1 aromatic rings. The molecule has 1 saturated heterocycles. The van der Waals surface area contributed by atoms with E-state index in [4.69, 9.17) is 11.6 Å². The molecule has 2 aliphatic heterocycles. The number of carbonyl (C=O) groups is 3. The largest absolute Gasteiger partial charge is 0.467 e. The topological polar surface area (TPSA) is 66.9 Å². The molecule has 0 N–H and O–H groups in total. The minimum atomic E-state index is -0.979. The second-order valence-corrected chi connectivity index (χ2v) is 10.2. The van der Waals surface area contributed by atoms with E-state index in [0.29, 0.717) is 16.5 Å². The Morgan fingerprint density at radius 1 is 1.39 bits per heavy atom. The van der Waals surface area contributed by atoms with Gasteiger partial charge < -0.3 is 9.64 Å². The van der Waals surface area contributed by atoms with Crippen LogP contribution in [0.4, 0.5) is 10.5 Å². The summed E-state index contributed by atoms with van der Waals surface area (Å²) in [5, 5.41) is 0.0324. The summed E-state index contributed by atoms with van der Waals surface area (Å²) in [6, 6.07) is 3.02. The van der Waals surface area contributed by atoms with Gasteiger partial charge in [-0.25, -0.2) is 4.79 Å². The first-order valence-electron chi connectivity index (χ1n) is 10.5. The summed E-state index contributed by atoms with van der Waals surface area (Å²) < 4.78 is 4.67. The van der Waals surface area contributed by atoms with Gasteiger partial charge in [0.25, 0.3) is 11.1 Å². The highest BCUT2D eigenvalue weighted by atomic mass is 35.5. The van der Waals surface area contributed by atoms with Crippen molar-refractivity contribution in [3.63, 3.8) is 0 Å². The molecular weight excluding hydrogens is 436 g/mol. The number of carbonyl (C=O) groups excluding carboxylic acids is 3. The fourth-order valence-corrected chi connectivity index (χ4v) is 5.62. The first kappa shape index (κ1) is 23.7. The summed E-state index contributed by atoms with van der Waals surface area (Å²) >= 11 is 7.45. The highest BCUT2D eigenvalue weighted by Crippen LogP contribution is 2.46. The number of esters is 1. The van der Waals surface area contributed by atoms with Crippen molar-refractivity contribution in [1.82, 2.24) is 4.90 Å². The minimum absolute atomic E-state index is 0.0277.